The number of carbonyl (C=O) groups excluding carboxylic acids is 1. The van der Waals surface area contributed by atoms with Crippen LogP contribution in [0.1, 0.15) is 52.9 Å². The van der Waals surface area contributed by atoms with E-state index in [1.165, 1.54) is 49.7 Å². The Morgan fingerprint density at radius 1 is 1.18 bits per heavy atom. The predicted molar refractivity (Wildman–Crippen MR) is 119 cm³/mol. The summed E-state index contributed by atoms with van der Waals surface area (Å²) in [7, 11) is 0. The fraction of sp³-hybridized carbons (Fsp3) is 0.636. The zero-order valence-corrected chi connectivity index (χ0v) is 19.1. The van der Waals surface area contributed by atoms with Crippen LogP contribution in [0.15, 0.2) is 29.4 Å². The first kappa shape index (κ1) is 25.0. The van der Waals surface area contributed by atoms with E-state index in [2.05, 4.69) is 17.4 Å². The monoisotopic (exact) mass is 465 g/mol. The van der Waals surface area contributed by atoms with E-state index in [0.717, 1.165) is 12.8 Å². The van der Waals surface area contributed by atoms with E-state index in [1.54, 1.807) is 0 Å². The normalized spacial score (nSPS) is 25.8. The summed E-state index contributed by atoms with van der Waals surface area (Å²) in [6.45, 7) is 6.36. The van der Waals surface area contributed by atoms with Gasteiger partial charge in [0.1, 0.15) is 18.3 Å². The van der Waals surface area contributed by atoms with Gasteiger partial charge in [-0.2, -0.15) is 0 Å². The number of fused-ring (bicyclic) bond motifs is 1. The quantitative estimate of drug-likeness (QED) is 0.168. The third kappa shape index (κ3) is 7.19. The summed E-state index contributed by atoms with van der Waals surface area (Å²) in [6, 6.07) is 5.33. The Bertz CT molecular complexity index is 829. The lowest BCUT2D eigenvalue weighted by Gasteiger charge is -2.23. The molecule has 11 heteroatoms. The third-order valence-corrected chi connectivity index (χ3v) is 5.24. The van der Waals surface area contributed by atoms with E-state index in [4.69, 9.17) is 23.8 Å². The Labute approximate surface area is 192 Å². The molecule has 0 bridgehead atoms. The lowest BCUT2D eigenvalue weighted by Crippen LogP contribution is -2.31. The van der Waals surface area contributed by atoms with Crippen LogP contribution in [0, 0.1) is 10.1 Å². The van der Waals surface area contributed by atoms with Gasteiger partial charge in [0.05, 0.1) is 11.1 Å². The van der Waals surface area contributed by atoms with E-state index < -0.39 is 41.4 Å². The number of oxime groups is 1. The molecule has 1 amide bonds. The van der Waals surface area contributed by atoms with Gasteiger partial charge in [-0.25, -0.2) is 4.79 Å². The highest BCUT2D eigenvalue weighted by atomic mass is 16.8. The Morgan fingerprint density at radius 2 is 1.88 bits per heavy atom. The molecule has 1 N–H and O–H groups in total. The molecule has 3 rings (SSSR count). The lowest BCUT2D eigenvalue weighted by atomic mass is 10.1. The first-order valence-corrected chi connectivity index (χ1v) is 11.2. The van der Waals surface area contributed by atoms with E-state index in [-0.39, 0.29) is 5.69 Å². The number of rotatable bonds is 11. The molecule has 2 heterocycles. The summed E-state index contributed by atoms with van der Waals surface area (Å²) in [5, 5.41) is 16.8. The van der Waals surface area contributed by atoms with Crippen molar-refractivity contribution in [1.82, 2.24) is 0 Å². The number of nitrogens with zero attached hydrogens (tertiary/aromatic N) is 2. The molecule has 0 saturated carbocycles. The van der Waals surface area contributed by atoms with Crippen LogP contribution in [0.5, 0.6) is 0 Å². The van der Waals surface area contributed by atoms with Crippen LogP contribution in [0.2, 0.25) is 0 Å². The minimum Gasteiger partial charge on any atom is -0.350 e. The smallest absolute Gasteiger partial charge is 0.350 e. The van der Waals surface area contributed by atoms with Crippen molar-refractivity contribution in [1.29, 1.82) is 0 Å². The Kier molecular flexibility index (Phi) is 8.73. The van der Waals surface area contributed by atoms with Crippen molar-refractivity contribution < 1.29 is 33.5 Å². The maximum Gasteiger partial charge on any atom is 0.437 e. The van der Waals surface area contributed by atoms with Crippen molar-refractivity contribution in [3.63, 3.8) is 0 Å². The minimum absolute atomic E-state index is 0.0840. The number of nitro benzene ring substituents is 1. The SMILES string of the molecule is CCCCCCCO[C@H]1O[C@H](/C=N/OC(=O)Nc2ccc([N+](=O)[O-])cc2)[C@@H]2OC(C)(C)O[C@H]12. The fourth-order valence-electron chi connectivity index (χ4n) is 3.70. The molecule has 0 aromatic heterocycles. The maximum atomic E-state index is 11.9. The molecular weight excluding hydrogens is 434 g/mol. The molecule has 11 nitrogen and oxygen atoms in total. The number of anilines is 1. The molecule has 2 saturated heterocycles. The van der Waals surface area contributed by atoms with Gasteiger partial charge in [0.2, 0.25) is 0 Å². The summed E-state index contributed by atoms with van der Waals surface area (Å²) in [5.74, 6) is -0.790. The zero-order chi connectivity index (χ0) is 23.8. The Balaban J connectivity index is 1.49. The van der Waals surface area contributed by atoms with E-state index in [9.17, 15) is 14.9 Å². The summed E-state index contributed by atoms with van der Waals surface area (Å²) >= 11 is 0. The van der Waals surface area contributed by atoms with Gasteiger partial charge in [0.25, 0.3) is 5.69 Å². The van der Waals surface area contributed by atoms with Crippen LogP contribution in [-0.4, -0.2) is 54.2 Å². The van der Waals surface area contributed by atoms with E-state index in [0.29, 0.717) is 12.3 Å². The minimum atomic E-state index is -0.849. The molecule has 2 aliphatic rings. The second kappa shape index (κ2) is 11.5. The van der Waals surface area contributed by atoms with E-state index >= 15 is 0 Å². The van der Waals surface area contributed by atoms with Crippen molar-refractivity contribution in [3.8, 4) is 0 Å². The molecule has 1 aromatic rings. The van der Waals surface area contributed by atoms with Gasteiger partial charge in [-0.15, -0.1) is 0 Å². The average molecular weight is 466 g/mol. The lowest BCUT2D eigenvalue weighted by molar-refractivity contribution is -0.384. The van der Waals surface area contributed by atoms with Crippen LogP contribution in [0.25, 0.3) is 0 Å². The molecule has 4 atom stereocenters. The fourth-order valence-corrected chi connectivity index (χ4v) is 3.70. The maximum absolute atomic E-state index is 11.9. The number of carbonyl (C=O) groups is 1. The van der Waals surface area contributed by atoms with Crippen LogP contribution >= 0.6 is 0 Å². The molecule has 182 valence electrons. The number of non-ortho nitro benzene ring substituents is 1. The molecule has 0 radical (unpaired) electrons. The molecular formula is C22H31N3O8. The molecule has 1 aromatic carbocycles. The van der Waals surface area contributed by atoms with Crippen molar-refractivity contribution in [2.24, 2.45) is 5.16 Å². The molecule has 2 aliphatic heterocycles. The number of nitrogens with one attached hydrogen (secondary N) is 1. The Hall–Kier alpha value is -2.60. The summed E-state index contributed by atoms with van der Waals surface area (Å²) < 4.78 is 23.7. The number of unbranched alkanes of at least 4 members (excludes halogenated alkanes) is 4. The molecule has 33 heavy (non-hydrogen) atoms. The third-order valence-electron chi connectivity index (χ3n) is 5.24. The standard InChI is InChI=1S/C22H31N3O8/c1-4-5-6-7-8-13-29-20-19-18(31-22(2,3)32-19)17(30-20)14-23-33-21(26)24-15-9-11-16(12-10-15)25(27)28/h9-12,14,17-20H,4-8,13H2,1-3H3,(H,24,26)/b23-14+/t17-,18+,19+,20+/m1/s1. The van der Waals surface area contributed by atoms with Gasteiger partial charge < -0.3 is 18.9 Å². The van der Waals surface area contributed by atoms with Crippen LogP contribution in [0.3, 0.4) is 0 Å². The highest BCUT2D eigenvalue weighted by molar-refractivity contribution is 5.85. The van der Waals surface area contributed by atoms with Crippen LogP contribution < -0.4 is 5.32 Å². The van der Waals surface area contributed by atoms with Crippen molar-refractivity contribution in [2.75, 3.05) is 11.9 Å². The number of amides is 1. The first-order chi connectivity index (χ1) is 15.8. The molecule has 0 spiro atoms. The highest BCUT2D eigenvalue weighted by Crippen LogP contribution is 2.38. The van der Waals surface area contributed by atoms with Crippen molar-refractivity contribution >= 4 is 23.7 Å². The Morgan fingerprint density at radius 3 is 2.58 bits per heavy atom. The van der Waals surface area contributed by atoms with E-state index in [1.807, 2.05) is 13.8 Å². The molecule has 0 aliphatic carbocycles. The summed E-state index contributed by atoms with van der Waals surface area (Å²) in [4.78, 5) is 26.9. The highest BCUT2D eigenvalue weighted by Gasteiger charge is 2.55. The van der Waals surface area contributed by atoms with Crippen molar-refractivity contribution in [2.45, 2.75) is 83.3 Å². The predicted octanol–water partition coefficient (Wildman–Crippen LogP) is 4.36. The van der Waals surface area contributed by atoms with Gasteiger partial charge in [-0.3, -0.25) is 20.3 Å². The number of hydrogen-bond donors (Lipinski definition) is 1. The molecule has 0 unspecified atom stereocenters. The van der Waals surface area contributed by atoms with Crippen LogP contribution in [-0.2, 0) is 23.8 Å². The first-order valence-electron chi connectivity index (χ1n) is 11.2. The average Bonchev–Trinajstić information content (AvgIpc) is 3.24. The second-order valence-electron chi connectivity index (χ2n) is 8.38. The summed E-state index contributed by atoms with van der Waals surface area (Å²) in [6.07, 6.45) is 4.02. The second-order valence-corrected chi connectivity index (χ2v) is 8.38. The number of nitro groups is 1. The zero-order valence-electron chi connectivity index (χ0n) is 19.1. The van der Waals surface area contributed by atoms with Crippen molar-refractivity contribution in [3.05, 3.63) is 34.4 Å². The molecule has 2 fully saturated rings. The van der Waals surface area contributed by atoms with Crippen LogP contribution in [0.4, 0.5) is 16.2 Å². The van der Waals surface area contributed by atoms with Gasteiger partial charge in [0.15, 0.2) is 12.1 Å². The number of hydrogen-bond acceptors (Lipinski definition) is 9. The largest absolute Gasteiger partial charge is 0.437 e. The van der Waals surface area contributed by atoms with Gasteiger partial charge in [-0.1, -0.05) is 37.8 Å². The topological polar surface area (TPSA) is 131 Å². The summed E-state index contributed by atoms with van der Waals surface area (Å²) in [5.41, 5.74) is 0.249. The number of benzene rings is 1. The van der Waals surface area contributed by atoms with Gasteiger partial charge in [0, 0.05) is 24.4 Å². The number of ether oxygens (including phenoxy) is 4. The van der Waals surface area contributed by atoms with Gasteiger partial charge in [-0.05, 0) is 32.4 Å². The van der Waals surface area contributed by atoms with Gasteiger partial charge >= 0.3 is 6.09 Å².